The van der Waals surface area contributed by atoms with Crippen molar-refractivity contribution in [2.45, 2.75) is 6.92 Å². The van der Waals surface area contributed by atoms with Gasteiger partial charge in [0.15, 0.2) is 0 Å². The summed E-state index contributed by atoms with van der Waals surface area (Å²) < 4.78 is 1.01. The Hall–Kier alpha value is -1.10. The molecule has 0 atom stereocenters. The number of hydrogen-bond acceptors (Lipinski definition) is 2. The molecule has 19 heavy (non-hydrogen) atoms. The molecule has 0 saturated heterocycles. The van der Waals surface area contributed by atoms with Gasteiger partial charge in [0.2, 0.25) is 0 Å². The first-order valence-electron chi connectivity index (χ1n) is 5.60. The van der Waals surface area contributed by atoms with E-state index in [0.29, 0.717) is 10.6 Å². The molecule has 0 saturated carbocycles. The van der Waals surface area contributed by atoms with Gasteiger partial charge in [-0.25, -0.2) is 0 Å². The lowest BCUT2D eigenvalue weighted by atomic mass is 10.1. The van der Waals surface area contributed by atoms with Crippen molar-refractivity contribution in [2.24, 2.45) is 5.73 Å². The molecule has 0 fully saturated rings. The van der Waals surface area contributed by atoms with Crippen LogP contribution in [-0.2, 0) is 0 Å². The van der Waals surface area contributed by atoms with Gasteiger partial charge in [-0.05, 0) is 42.8 Å². The molecule has 5 heteroatoms. The number of thiocarbonyl (C=S) groups is 1. The molecule has 0 aliphatic rings. The Bertz CT molecular complexity index is 623. The Morgan fingerprint density at radius 3 is 2.68 bits per heavy atom. The highest BCUT2D eigenvalue weighted by Crippen LogP contribution is 2.28. The molecular formula is C14H12BrClN2S. The van der Waals surface area contributed by atoms with Crippen LogP contribution in [0.1, 0.15) is 11.1 Å². The molecule has 0 amide bonds. The van der Waals surface area contributed by atoms with Crippen LogP contribution in [0.3, 0.4) is 0 Å². The van der Waals surface area contributed by atoms with E-state index in [1.165, 1.54) is 0 Å². The van der Waals surface area contributed by atoms with E-state index in [1.54, 1.807) is 6.07 Å². The number of anilines is 2. The smallest absolute Gasteiger partial charge is 0.107 e. The zero-order valence-corrected chi connectivity index (χ0v) is 13.4. The predicted octanol–water partition coefficient (Wildman–Crippen LogP) is 4.79. The van der Waals surface area contributed by atoms with Crippen LogP contribution in [0.2, 0.25) is 5.02 Å². The van der Waals surface area contributed by atoms with Gasteiger partial charge in [0.25, 0.3) is 0 Å². The minimum atomic E-state index is 0.278. The quantitative estimate of drug-likeness (QED) is 0.778. The van der Waals surface area contributed by atoms with Gasteiger partial charge in [-0.3, -0.25) is 0 Å². The van der Waals surface area contributed by atoms with Gasteiger partial charge in [0.1, 0.15) is 4.99 Å². The molecule has 0 bridgehead atoms. The van der Waals surface area contributed by atoms with E-state index in [0.717, 1.165) is 21.4 Å². The maximum atomic E-state index is 6.14. The molecule has 3 N–H and O–H groups in total. The number of nitrogens with two attached hydrogens (primary N) is 1. The first kappa shape index (κ1) is 14.3. The molecule has 98 valence electrons. The SMILES string of the molecule is Cc1cc(Br)cc(Nc2cccc(Cl)c2C(N)=S)c1. The first-order valence-corrected chi connectivity index (χ1v) is 7.18. The largest absolute Gasteiger partial charge is 0.389 e. The molecule has 2 aromatic carbocycles. The third kappa shape index (κ3) is 3.47. The average Bonchev–Trinajstić information content (AvgIpc) is 2.26. The van der Waals surface area contributed by atoms with Gasteiger partial charge in [0.05, 0.1) is 16.3 Å². The molecule has 2 aromatic rings. The van der Waals surface area contributed by atoms with Crippen LogP contribution in [0.15, 0.2) is 40.9 Å². The van der Waals surface area contributed by atoms with Crippen molar-refractivity contribution in [2.75, 3.05) is 5.32 Å². The van der Waals surface area contributed by atoms with Gasteiger partial charge in [-0.2, -0.15) is 0 Å². The predicted molar refractivity (Wildman–Crippen MR) is 89.5 cm³/mol. The highest BCUT2D eigenvalue weighted by Gasteiger charge is 2.10. The molecule has 2 rings (SSSR count). The van der Waals surface area contributed by atoms with E-state index in [1.807, 2.05) is 37.3 Å². The van der Waals surface area contributed by atoms with E-state index in [9.17, 15) is 0 Å². The average molecular weight is 356 g/mol. The Morgan fingerprint density at radius 2 is 2.05 bits per heavy atom. The van der Waals surface area contributed by atoms with Gasteiger partial charge in [-0.1, -0.05) is 45.8 Å². The summed E-state index contributed by atoms with van der Waals surface area (Å²) in [6.45, 7) is 2.03. The summed E-state index contributed by atoms with van der Waals surface area (Å²) in [4.78, 5) is 0.278. The van der Waals surface area contributed by atoms with Crippen molar-refractivity contribution >= 4 is 56.1 Å². The van der Waals surface area contributed by atoms with Crippen LogP contribution in [0.4, 0.5) is 11.4 Å². The minimum Gasteiger partial charge on any atom is -0.389 e. The summed E-state index contributed by atoms with van der Waals surface area (Å²) in [6, 6.07) is 11.6. The third-order valence-corrected chi connectivity index (χ3v) is 3.56. The second-order valence-corrected chi connectivity index (χ2v) is 5.93. The summed E-state index contributed by atoms with van der Waals surface area (Å²) in [5, 5.41) is 3.84. The fourth-order valence-corrected chi connectivity index (χ4v) is 3.00. The van der Waals surface area contributed by atoms with E-state index < -0.39 is 0 Å². The summed E-state index contributed by atoms with van der Waals surface area (Å²) in [6.07, 6.45) is 0. The van der Waals surface area contributed by atoms with Crippen molar-refractivity contribution in [3.8, 4) is 0 Å². The summed E-state index contributed by atoms with van der Waals surface area (Å²) in [7, 11) is 0. The van der Waals surface area contributed by atoms with Crippen LogP contribution in [-0.4, -0.2) is 4.99 Å². The standard InChI is InChI=1S/C14H12BrClN2S/c1-8-5-9(15)7-10(6-8)18-12-4-2-3-11(16)13(12)14(17)19/h2-7,18H,1H3,(H2,17,19). The van der Waals surface area contributed by atoms with Crippen molar-refractivity contribution < 1.29 is 0 Å². The van der Waals surface area contributed by atoms with Gasteiger partial charge in [0, 0.05) is 10.2 Å². The maximum absolute atomic E-state index is 6.14. The second kappa shape index (κ2) is 5.90. The molecule has 0 heterocycles. The van der Waals surface area contributed by atoms with E-state index in [2.05, 4.69) is 21.2 Å². The zero-order chi connectivity index (χ0) is 14.0. The lowest BCUT2D eigenvalue weighted by Gasteiger charge is -2.13. The topological polar surface area (TPSA) is 38.0 Å². The Morgan fingerprint density at radius 1 is 1.32 bits per heavy atom. The summed E-state index contributed by atoms with van der Waals surface area (Å²) in [5.41, 5.74) is 9.29. The number of benzene rings is 2. The van der Waals surface area contributed by atoms with E-state index >= 15 is 0 Å². The van der Waals surface area contributed by atoms with Gasteiger partial charge >= 0.3 is 0 Å². The molecular weight excluding hydrogens is 344 g/mol. The summed E-state index contributed by atoms with van der Waals surface area (Å²) in [5.74, 6) is 0. The number of hydrogen-bond donors (Lipinski definition) is 2. The third-order valence-electron chi connectivity index (χ3n) is 2.58. The molecule has 0 radical (unpaired) electrons. The molecule has 0 aliphatic heterocycles. The highest BCUT2D eigenvalue weighted by molar-refractivity contribution is 9.10. The zero-order valence-electron chi connectivity index (χ0n) is 10.2. The monoisotopic (exact) mass is 354 g/mol. The van der Waals surface area contributed by atoms with Crippen LogP contribution in [0.5, 0.6) is 0 Å². The van der Waals surface area contributed by atoms with Crippen molar-refractivity contribution in [1.82, 2.24) is 0 Å². The lowest BCUT2D eigenvalue weighted by Crippen LogP contribution is -2.12. The summed E-state index contributed by atoms with van der Waals surface area (Å²) >= 11 is 14.7. The van der Waals surface area contributed by atoms with Crippen LogP contribution in [0.25, 0.3) is 0 Å². The van der Waals surface area contributed by atoms with Crippen molar-refractivity contribution in [3.63, 3.8) is 0 Å². The normalized spacial score (nSPS) is 10.3. The van der Waals surface area contributed by atoms with Crippen molar-refractivity contribution in [1.29, 1.82) is 0 Å². The maximum Gasteiger partial charge on any atom is 0.107 e. The fraction of sp³-hybridized carbons (Fsp3) is 0.0714. The molecule has 0 aromatic heterocycles. The number of aryl methyl sites for hydroxylation is 1. The molecule has 0 unspecified atom stereocenters. The van der Waals surface area contributed by atoms with E-state index in [-0.39, 0.29) is 4.99 Å². The van der Waals surface area contributed by atoms with Crippen LogP contribution in [0, 0.1) is 6.92 Å². The molecule has 0 aliphatic carbocycles. The Balaban J connectivity index is 2.43. The minimum absolute atomic E-state index is 0.278. The fourth-order valence-electron chi connectivity index (χ4n) is 1.84. The van der Waals surface area contributed by atoms with Crippen LogP contribution >= 0.6 is 39.7 Å². The Kier molecular flexibility index (Phi) is 4.45. The van der Waals surface area contributed by atoms with Crippen LogP contribution < -0.4 is 11.1 Å². The number of rotatable bonds is 3. The van der Waals surface area contributed by atoms with Crippen molar-refractivity contribution in [3.05, 3.63) is 57.0 Å². The number of halogens is 2. The Labute approximate surface area is 131 Å². The highest BCUT2D eigenvalue weighted by atomic mass is 79.9. The molecule has 0 spiro atoms. The number of nitrogens with one attached hydrogen (secondary N) is 1. The second-order valence-electron chi connectivity index (χ2n) is 4.17. The van der Waals surface area contributed by atoms with Gasteiger partial charge < -0.3 is 11.1 Å². The van der Waals surface area contributed by atoms with E-state index in [4.69, 9.17) is 29.6 Å². The first-order chi connectivity index (χ1) is 8.97. The molecule has 2 nitrogen and oxygen atoms in total. The lowest BCUT2D eigenvalue weighted by molar-refractivity contribution is 1.43. The van der Waals surface area contributed by atoms with Gasteiger partial charge in [-0.15, -0.1) is 0 Å².